The lowest BCUT2D eigenvalue weighted by atomic mass is 10.0. The predicted molar refractivity (Wildman–Crippen MR) is 59.6 cm³/mol. The van der Waals surface area contributed by atoms with Gasteiger partial charge in [0, 0.05) is 12.6 Å². The Balaban J connectivity index is 1.57. The van der Waals surface area contributed by atoms with E-state index in [0.29, 0.717) is 12.0 Å². The zero-order valence-corrected chi connectivity index (χ0v) is 9.24. The van der Waals surface area contributed by atoms with Crippen molar-refractivity contribution >= 4 is 17.8 Å². The molecule has 0 spiro atoms. The number of urea groups is 1. The quantitative estimate of drug-likeness (QED) is 0.749. The van der Waals surface area contributed by atoms with E-state index in [0.717, 1.165) is 19.4 Å². The van der Waals surface area contributed by atoms with E-state index < -0.39 is 0 Å². The molecular formula is C10H18N2OS. The maximum absolute atomic E-state index is 11.3. The normalized spacial score (nSPS) is 23.1. The van der Waals surface area contributed by atoms with E-state index in [1.54, 1.807) is 0 Å². The molecule has 0 bridgehead atoms. The summed E-state index contributed by atoms with van der Waals surface area (Å²) < 4.78 is 0. The highest BCUT2D eigenvalue weighted by atomic mass is 32.2. The smallest absolute Gasteiger partial charge is 0.315 e. The Morgan fingerprint density at radius 1 is 1.21 bits per heavy atom. The van der Waals surface area contributed by atoms with Gasteiger partial charge in [0.2, 0.25) is 0 Å². The number of rotatable bonds is 3. The largest absolute Gasteiger partial charge is 0.338 e. The Hall–Kier alpha value is -0.380. The van der Waals surface area contributed by atoms with Crippen molar-refractivity contribution in [3.63, 3.8) is 0 Å². The molecule has 0 aromatic carbocycles. The van der Waals surface area contributed by atoms with Crippen molar-refractivity contribution in [3.8, 4) is 0 Å². The molecule has 0 atom stereocenters. The Labute approximate surface area is 89.4 Å². The third kappa shape index (κ3) is 3.40. The lowest BCUT2D eigenvalue weighted by Gasteiger charge is -2.21. The molecule has 2 fully saturated rings. The number of carbonyl (C=O) groups is 1. The summed E-state index contributed by atoms with van der Waals surface area (Å²) in [4.78, 5) is 11.3. The van der Waals surface area contributed by atoms with Gasteiger partial charge in [-0.05, 0) is 43.1 Å². The zero-order chi connectivity index (χ0) is 9.80. The van der Waals surface area contributed by atoms with Crippen LogP contribution < -0.4 is 10.6 Å². The fourth-order valence-electron chi connectivity index (χ4n) is 1.65. The summed E-state index contributed by atoms with van der Waals surface area (Å²) in [6.07, 6.45) is 4.84. The Bertz CT molecular complexity index is 200. The first-order valence-electron chi connectivity index (χ1n) is 5.46. The van der Waals surface area contributed by atoms with Crippen molar-refractivity contribution in [3.05, 3.63) is 0 Å². The van der Waals surface area contributed by atoms with Crippen molar-refractivity contribution in [1.29, 1.82) is 0 Å². The lowest BCUT2D eigenvalue weighted by molar-refractivity contribution is 0.238. The van der Waals surface area contributed by atoms with E-state index >= 15 is 0 Å². The molecule has 1 aliphatic heterocycles. The van der Waals surface area contributed by atoms with Crippen LogP contribution in [0, 0.1) is 5.92 Å². The van der Waals surface area contributed by atoms with Gasteiger partial charge in [0.1, 0.15) is 0 Å². The van der Waals surface area contributed by atoms with Crippen LogP contribution in [0.3, 0.4) is 0 Å². The Morgan fingerprint density at radius 2 is 1.93 bits per heavy atom. The van der Waals surface area contributed by atoms with Crippen LogP contribution in [0.15, 0.2) is 0 Å². The second-order valence-electron chi connectivity index (χ2n) is 4.18. The molecule has 2 N–H and O–H groups in total. The lowest BCUT2D eigenvalue weighted by Crippen LogP contribution is -2.39. The molecule has 0 aromatic heterocycles. The van der Waals surface area contributed by atoms with Gasteiger partial charge in [0.15, 0.2) is 0 Å². The summed E-state index contributed by atoms with van der Waals surface area (Å²) in [5.74, 6) is 3.23. The minimum Gasteiger partial charge on any atom is -0.338 e. The summed E-state index contributed by atoms with van der Waals surface area (Å²) in [5.41, 5.74) is 0. The molecule has 1 aliphatic carbocycles. The van der Waals surface area contributed by atoms with Crippen LogP contribution in [0.2, 0.25) is 0 Å². The Kier molecular flexibility index (Phi) is 3.56. The highest BCUT2D eigenvalue weighted by Gasteiger charge is 2.23. The van der Waals surface area contributed by atoms with Crippen LogP contribution >= 0.6 is 11.8 Å². The standard InChI is InChI=1S/C10H18N2OS/c13-10(12-9-1-2-9)11-7-8-3-5-14-6-4-8/h8-9H,1-7H2,(H2,11,12,13). The molecule has 1 heterocycles. The van der Waals surface area contributed by atoms with E-state index in [1.165, 1.54) is 24.3 Å². The molecule has 2 amide bonds. The molecule has 80 valence electrons. The van der Waals surface area contributed by atoms with E-state index in [2.05, 4.69) is 10.6 Å². The van der Waals surface area contributed by atoms with Gasteiger partial charge in [-0.15, -0.1) is 0 Å². The number of hydrogen-bond donors (Lipinski definition) is 2. The van der Waals surface area contributed by atoms with Crippen molar-refractivity contribution < 1.29 is 4.79 Å². The van der Waals surface area contributed by atoms with Gasteiger partial charge in [-0.1, -0.05) is 0 Å². The summed E-state index contributed by atoms with van der Waals surface area (Å²) in [5, 5.41) is 5.90. The van der Waals surface area contributed by atoms with Crippen LogP contribution in [0.4, 0.5) is 4.79 Å². The van der Waals surface area contributed by atoms with Crippen LogP contribution in [0.5, 0.6) is 0 Å². The van der Waals surface area contributed by atoms with Gasteiger partial charge in [-0.3, -0.25) is 0 Å². The third-order valence-corrected chi connectivity index (χ3v) is 3.85. The first-order valence-corrected chi connectivity index (χ1v) is 6.62. The molecular weight excluding hydrogens is 196 g/mol. The van der Waals surface area contributed by atoms with Crippen LogP contribution in [-0.2, 0) is 0 Å². The maximum Gasteiger partial charge on any atom is 0.315 e. The highest BCUT2D eigenvalue weighted by molar-refractivity contribution is 7.99. The summed E-state index contributed by atoms with van der Waals surface area (Å²) >= 11 is 2.03. The van der Waals surface area contributed by atoms with Gasteiger partial charge in [0.25, 0.3) is 0 Å². The van der Waals surface area contributed by atoms with Gasteiger partial charge in [-0.25, -0.2) is 4.79 Å². The number of hydrogen-bond acceptors (Lipinski definition) is 2. The number of amides is 2. The monoisotopic (exact) mass is 214 g/mol. The van der Waals surface area contributed by atoms with Crippen molar-refractivity contribution in [1.82, 2.24) is 10.6 Å². The van der Waals surface area contributed by atoms with Gasteiger partial charge >= 0.3 is 6.03 Å². The van der Waals surface area contributed by atoms with E-state index in [9.17, 15) is 4.79 Å². The number of carbonyl (C=O) groups excluding carboxylic acids is 1. The Morgan fingerprint density at radius 3 is 2.57 bits per heavy atom. The second-order valence-corrected chi connectivity index (χ2v) is 5.41. The summed E-state index contributed by atoms with van der Waals surface area (Å²) in [7, 11) is 0. The van der Waals surface area contributed by atoms with Crippen LogP contribution in [-0.4, -0.2) is 30.1 Å². The molecule has 1 saturated carbocycles. The molecule has 2 rings (SSSR count). The highest BCUT2D eigenvalue weighted by Crippen LogP contribution is 2.22. The molecule has 0 unspecified atom stereocenters. The number of nitrogens with one attached hydrogen (secondary N) is 2. The average molecular weight is 214 g/mol. The van der Waals surface area contributed by atoms with E-state index in [1.807, 2.05) is 11.8 Å². The first kappa shape index (κ1) is 10.1. The van der Waals surface area contributed by atoms with Crippen molar-refractivity contribution in [2.24, 2.45) is 5.92 Å². The molecule has 4 heteroatoms. The molecule has 2 aliphatic rings. The van der Waals surface area contributed by atoms with E-state index in [-0.39, 0.29) is 6.03 Å². The fourth-order valence-corrected chi connectivity index (χ4v) is 2.86. The molecule has 3 nitrogen and oxygen atoms in total. The predicted octanol–water partition coefficient (Wildman–Crippen LogP) is 1.59. The second kappa shape index (κ2) is 4.91. The minimum absolute atomic E-state index is 0.0331. The SMILES string of the molecule is O=C(NCC1CCSCC1)NC1CC1. The zero-order valence-electron chi connectivity index (χ0n) is 8.42. The van der Waals surface area contributed by atoms with Crippen LogP contribution in [0.1, 0.15) is 25.7 Å². The molecule has 0 aromatic rings. The van der Waals surface area contributed by atoms with Gasteiger partial charge < -0.3 is 10.6 Å². The average Bonchev–Trinajstić information content (AvgIpc) is 3.00. The molecule has 1 saturated heterocycles. The van der Waals surface area contributed by atoms with Crippen molar-refractivity contribution in [2.45, 2.75) is 31.7 Å². The summed E-state index contributed by atoms with van der Waals surface area (Å²) in [6, 6.07) is 0.502. The van der Waals surface area contributed by atoms with Crippen molar-refractivity contribution in [2.75, 3.05) is 18.1 Å². The van der Waals surface area contributed by atoms with Gasteiger partial charge in [-0.2, -0.15) is 11.8 Å². The number of thioether (sulfide) groups is 1. The van der Waals surface area contributed by atoms with Gasteiger partial charge in [0.05, 0.1) is 0 Å². The molecule has 0 radical (unpaired) electrons. The third-order valence-electron chi connectivity index (χ3n) is 2.80. The minimum atomic E-state index is 0.0331. The topological polar surface area (TPSA) is 41.1 Å². The molecule has 14 heavy (non-hydrogen) atoms. The fraction of sp³-hybridized carbons (Fsp3) is 0.900. The summed E-state index contributed by atoms with van der Waals surface area (Å²) in [6.45, 7) is 0.860. The van der Waals surface area contributed by atoms with Crippen LogP contribution in [0.25, 0.3) is 0 Å². The maximum atomic E-state index is 11.3. The van der Waals surface area contributed by atoms with E-state index in [4.69, 9.17) is 0 Å². The first-order chi connectivity index (χ1) is 6.84.